The first-order valence-corrected chi connectivity index (χ1v) is 11.4. The Bertz CT molecular complexity index is 1210. The van der Waals surface area contributed by atoms with E-state index >= 15 is 0 Å². The molecule has 1 aliphatic heterocycles. The van der Waals surface area contributed by atoms with Gasteiger partial charge in [-0.3, -0.25) is 4.79 Å². The predicted molar refractivity (Wildman–Crippen MR) is 122 cm³/mol. The van der Waals surface area contributed by atoms with Crippen LogP contribution >= 0.6 is 0 Å². The highest BCUT2D eigenvalue weighted by Gasteiger charge is 2.28. The van der Waals surface area contributed by atoms with Crippen LogP contribution in [0.5, 0.6) is 0 Å². The molecule has 0 fully saturated rings. The van der Waals surface area contributed by atoms with E-state index in [2.05, 4.69) is 20.3 Å². The van der Waals surface area contributed by atoms with E-state index in [1.54, 1.807) is 42.5 Å². The zero-order valence-corrected chi connectivity index (χ0v) is 17.5. The Balaban J connectivity index is 1.29. The van der Waals surface area contributed by atoms with Gasteiger partial charge in [0.1, 0.15) is 4.90 Å². The van der Waals surface area contributed by atoms with E-state index < -0.39 is 10.0 Å². The Hall–Kier alpha value is -3.65. The second kappa shape index (κ2) is 9.01. The Morgan fingerprint density at radius 2 is 1.52 bits per heavy atom. The standard InChI is InChI=1S/C23H22N4O3S/c28-23(25-16-6-15-24-18-7-2-1-3-8-18)17-11-13-19(14-12-17)26-22-20-9-4-5-10-21(20)31(29,30)27-22/h1-5,7-14,24H,6,15-16H2,(H,25,28)(H,26,27). The number of hydrogen-bond acceptors (Lipinski definition) is 5. The van der Waals surface area contributed by atoms with Gasteiger partial charge in [0, 0.05) is 35.6 Å². The monoisotopic (exact) mass is 434 g/mol. The molecular weight excluding hydrogens is 412 g/mol. The van der Waals surface area contributed by atoms with Crippen LogP contribution < -0.4 is 16.0 Å². The van der Waals surface area contributed by atoms with E-state index in [0.717, 1.165) is 18.7 Å². The molecular formula is C23H22N4O3S. The van der Waals surface area contributed by atoms with Crippen LogP contribution in [0.3, 0.4) is 0 Å². The minimum atomic E-state index is -3.67. The molecule has 1 heterocycles. The summed E-state index contributed by atoms with van der Waals surface area (Å²) in [6.07, 6.45) is 0.800. The third kappa shape index (κ3) is 4.92. The first-order valence-electron chi connectivity index (χ1n) is 9.91. The number of hydrogen-bond donors (Lipinski definition) is 3. The van der Waals surface area contributed by atoms with Gasteiger partial charge in [-0.2, -0.15) is 8.42 Å². The highest BCUT2D eigenvalue weighted by atomic mass is 32.2. The van der Waals surface area contributed by atoms with Gasteiger partial charge in [0.25, 0.3) is 15.9 Å². The van der Waals surface area contributed by atoms with Crippen LogP contribution in [0.25, 0.3) is 0 Å². The average molecular weight is 435 g/mol. The number of sulfonamides is 1. The van der Waals surface area contributed by atoms with Crippen LogP contribution in [-0.2, 0) is 10.0 Å². The SMILES string of the molecule is O=C(NCCCNc1ccccc1)c1ccc(NC2=NS(=O)(=O)c3ccccc32)cc1. The molecule has 0 unspecified atom stereocenters. The van der Waals surface area contributed by atoms with Crippen molar-refractivity contribution in [2.45, 2.75) is 11.3 Å². The molecule has 0 saturated carbocycles. The van der Waals surface area contributed by atoms with Crippen molar-refractivity contribution >= 4 is 33.1 Å². The molecule has 3 N–H and O–H groups in total. The van der Waals surface area contributed by atoms with E-state index in [-0.39, 0.29) is 16.6 Å². The van der Waals surface area contributed by atoms with E-state index in [0.29, 0.717) is 23.4 Å². The molecule has 3 aromatic rings. The summed E-state index contributed by atoms with van der Waals surface area (Å²) in [6, 6.07) is 23.4. The van der Waals surface area contributed by atoms with Gasteiger partial charge in [-0.05, 0) is 55.0 Å². The fraction of sp³-hybridized carbons (Fsp3) is 0.130. The summed E-state index contributed by atoms with van der Waals surface area (Å²) in [4.78, 5) is 12.5. The van der Waals surface area contributed by atoms with E-state index in [4.69, 9.17) is 0 Å². The van der Waals surface area contributed by atoms with Crippen LogP contribution in [0, 0.1) is 0 Å². The highest BCUT2D eigenvalue weighted by Crippen LogP contribution is 2.26. The molecule has 0 saturated heterocycles. The molecule has 0 spiro atoms. The molecule has 0 aromatic heterocycles. The fourth-order valence-corrected chi connectivity index (χ4v) is 4.39. The maximum atomic E-state index is 12.3. The van der Waals surface area contributed by atoms with Gasteiger partial charge >= 0.3 is 0 Å². The van der Waals surface area contributed by atoms with Gasteiger partial charge in [0.05, 0.1) is 0 Å². The van der Waals surface area contributed by atoms with Crippen molar-refractivity contribution in [3.8, 4) is 0 Å². The molecule has 1 amide bonds. The summed E-state index contributed by atoms with van der Waals surface area (Å²) in [5, 5.41) is 9.22. The number of benzene rings is 3. The largest absolute Gasteiger partial charge is 0.385 e. The second-order valence-corrected chi connectivity index (χ2v) is 8.59. The van der Waals surface area contributed by atoms with Crippen molar-refractivity contribution in [2.24, 2.45) is 4.40 Å². The predicted octanol–water partition coefficient (Wildman–Crippen LogP) is 3.48. The lowest BCUT2D eigenvalue weighted by Crippen LogP contribution is -2.25. The quantitative estimate of drug-likeness (QED) is 0.495. The number of anilines is 2. The molecule has 4 rings (SSSR count). The molecule has 0 atom stereocenters. The molecule has 1 aliphatic rings. The maximum absolute atomic E-state index is 12.3. The molecule has 31 heavy (non-hydrogen) atoms. The van der Waals surface area contributed by atoms with Crippen LogP contribution in [0.2, 0.25) is 0 Å². The van der Waals surface area contributed by atoms with Crippen molar-refractivity contribution in [3.05, 3.63) is 90.0 Å². The first kappa shape index (κ1) is 20.6. The van der Waals surface area contributed by atoms with E-state index in [1.165, 1.54) is 6.07 Å². The molecule has 3 aromatic carbocycles. The number of amides is 1. The second-order valence-electron chi connectivity index (χ2n) is 7.02. The number of carbonyl (C=O) groups is 1. The number of para-hydroxylation sites is 1. The summed E-state index contributed by atoms with van der Waals surface area (Å²) < 4.78 is 28.1. The summed E-state index contributed by atoms with van der Waals surface area (Å²) in [7, 11) is -3.67. The summed E-state index contributed by atoms with van der Waals surface area (Å²) >= 11 is 0. The lowest BCUT2D eigenvalue weighted by molar-refractivity contribution is 0.0953. The molecule has 0 aliphatic carbocycles. The Labute approximate surface area is 181 Å². The normalized spacial score (nSPS) is 13.7. The number of fused-ring (bicyclic) bond motifs is 1. The minimum absolute atomic E-state index is 0.155. The third-order valence-corrected chi connectivity index (χ3v) is 6.12. The molecule has 0 radical (unpaired) electrons. The van der Waals surface area contributed by atoms with Crippen LogP contribution in [0.15, 0.2) is 88.2 Å². The zero-order valence-electron chi connectivity index (χ0n) is 16.7. The van der Waals surface area contributed by atoms with Crippen molar-refractivity contribution < 1.29 is 13.2 Å². The van der Waals surface area contributed by atoms with Crippen molar-refractivity contribution in [3.63, 3.8) is 0 Å². The van der Waals surface area contributed by atoms with Crippen molar-refractivity contribution in [2.75, 3.05) is 23.7 Å². The number of nitrogens with zero attached hydrogens (tertiary/aromatic N) is 1. The van der Waals surface area contributed by atoms with E-state index in [9.17, 15) is 13.2 Å². The number of nitrogens with one attached hydrogen (secondary N) is 3. The summed E-state index contributed by atoms with van der Waals surface area (Å²) in [5.74, 6) is 0.121. The van der Waals surface area contributed by atoms with Gasteiger partial charge in [0.15, 0.2) is 5.84 Å². The average Bonchev–Trinajstić information content (AvgIpc) is 3.04. The summed E-state index contributed by atoms with van der Waals surface area (Å²) in [5.41, 5.74) is 2.77. The topological polar surface area (TPSA) is 99.7 Å². The van der Waals surface area contributed by atoms with Gasteiger partial charge < -0.3 is 16.0 Å². The van der Waals surface area contributed by atoms with Crippen molar-refractivity contribution in [1.82, 2.24) is 5.32 Å². The van der Waals surface area contributed by atoms with Crippen LogP contribution in [0.4, 0.5) is 11.4 Å². The molecule has 0 bridgehead atoms. The highest BCUT2D eigenvalue weighted by molar-refractivity contribution is 7.90. The van der Waals surface area contributed by atoms with E-state index in [1.807, 2.05) is 30.3 Å². The smallest absolute Gasteiger partial charge is 0.285 e. The third-order valence-electron chi connectivity index (χ3n) is 4.78. The molecule has 7 nitrogen and oxygen atoms in total. The van der Waals surface area contributed by atoms with Gasteiger partial charge in [-0.15, -0.1) is 4.40 Å². The van der Waals surface area contributed by atoms with Crippen LogP contribution in [-0.4, -0.2) is 33.3 Å². The number of carbonyl (C=O) groups excluding carboxylic acids is 1. The minimum Gasteiger partial charge on any atom is -0.385 e. The lowest BCUT2D eigenvalue weighted by Gasteiger charge is -2.09. The van der Waals surface area contributed by atoms with Crippen molar-refractivity contribution in [1.29, 1.82) is 0 Å². The Kier molecular flexibility index (Phi) is 5.99. The lowest BCUT2D eigenvalue weighted by atomic mass is 10.1. The number of amidine groups is 1. The Morgan fingerprint density at radius 1 is 0.806 bits per heavy atom. The van der Waals surface area contributed by atoms with Gasteiger partial charge in [-0.1, -0.05) is 30.3 Å². The molecule has 158 valence electrons. The fourth-order valence-electron chi connectivity index (χ4n) is 3.22. The zero-order chi connectivity index (χ0) is 21.7. The summed E-state index contributed by atoms with van der Waals surface area (Å²) in [6.45, 7) is 1.32. The van der Waals surface area contributed by atoms with Crippen LogP contribution in [0.1, 0.15) is 22.3 Å². The van der Waals surface area contributed by atoms with Gasteiger partial charge in [0.2, 0.25) is 0 Å². The first-order chi connectivity index (χ1) is 15.0. The van der Waals surface area contributed by atoms with Gasteiger partial charge in [-0.25, -0.2) is 0 Å². The maximum Gasteiger partial charge on any atom is 0.285 e. The molecule has 8 heteroatoms. The number of rotatable bonds is 7. The Morgan fingerprint density at radius 3 is 2.29 bits per heavy atom.